The van der Waals surface area contributed by atoms with Gasteiger partial charge in [0.05, 0.1) is 36.5 Å². The summed E-state index contributed by atoms with van der Waals surface area (Å²) >= 11 is 5.98. The van der Waals surface area contributed by atoms with Crippen LogP contribution in [0.4, 0.5) is 13.2 Å². The van der Waals surface area contributed by atoms with E-state index in [2.05, 4.69) is 0 Å². The topological polar surface area (TPSA) is 79.5 Å². The number of imidazole rings is 1. The number of aromatic nitrogens is 2. The summed E-state index contributed by atoms with van der Waals surface area (Å²) in [6.07, 6.45) is -3.69. The first-order valence-corrected chi connectivity index (χ1v) is 12.2. The molecule has 0 aliphatic rings. The zero-order valence-corrected chi connectivity index (χ0v) is 19.6. The van der Waals surface area contributed by atoms with E-state index in [0.29, 0.717) is 28.2 Å². The van der Waals surface area contributed by atoms with Crippen LogP contribution >= 0.6 is 11.6 Å². The van der Waals surface area contributed by atoms with Crippen molar-refractivity contribution in [2.45, 2.75) is 25.7 Å². The maximum Gasteiger partial charge on any atom is 0.406 e. The van der Waals surface area contributed by atoms with E-state index in [1.54, 1.807) is 19.1 Å². The van der Waals surface area contributed by atoms with Crippen LogP contribution in [0, 0.1) is 0 Å². The number of fused-ring (bicyclic) bond motifs is 1. The van der Waals surface area contributed by atoms with Gasteiger partial charge in [0.1, 0.15) is 16.4 Å². The third-order valence-corrected chi connectivity index (χ3v) is 6.06. The second-order valence-electron chi connectivity index (χ2n) is 7.44. The van der Waals surface area contributed by atoms with Crippen molar-refractivity contribution < 1.29 is 31.1 Å². The Balaban J connectivity index is 2.33. The van der Waals surface area contributed by atoms with Gasteiger partial charge in [-0.15, -0.1) is 0 Å². The fraction of sp³-hybridized carbons (Fsp3) is 0.381. The van der Waals surface area contributed by atoms with E-state index in [1.165, 1.54) is 31.4 Å². The summed E-state index contributed by atoms with van der Waals surface area (Å²) in [6, 6.07) is 7.56. The number of hydrogen-bond acceptors (Lipinski definition) is 5. The van der Waals surface area contributed by atoms with Crippen molar-refractivity contribution >= 4 is 32.5 Å². The maximum atomic E-state index is 13.2. The SMILES string of the molecule is CCOc1cc([C@@H](CS(C)(=O)=O)n2c(=O)n(CC(F)(F)F)c3cc(Cl)ccc32)ccc1OC. The number of nitrogens with zero attached hydrogens (tertiary/aromatic N) is 2. The fourth-order valence-corrected chi connectivity index (χ4v) is 4.74. The zero-order chi connectivity index (χ0) is 24.6. The molecule has 1 heterocycles. The van der Waals surface area contributed by atoms with E-state index < -0.39 is 40.0 Å². The molecule has 1 aromatic heterocycles. The number of rotatable bonds is 8. The van der Waals surface area contributed by atoms with E-state index in [-0.39, 0.29) is 16.1 Å². The molecule has 180 valence electrons. The Morgan fingerprint density at radius 1 is 1.09 bits per heavy atom. The largest absolute Gasteiger partial charge is 0.493 e. The van der Waals surface area contributed by atoms with E-state index in [4.69, 9.17) is 21.1 Å². The van der Waals surface area contributed by atoms with Gasteiger partial charge in [-0.05, 0) is 42.8 Å². The van der Waals surface area contributed by atoms with Gasteiger partial charge < -0.3 is 9.47 Å². The highest BCUT2D eigenvalue weighted by molar-refractivity contribution is 7.90. The van der Waals surface area contributed by atoms with Crippen LogP contribution in [0.25, 0.3) is 11.0 Å². The highest BCUT2D eigenvalue weighted by Crippen LogP contribution is 2.34. The summed E-state index contributed by atoms with van der Waals surface area (Å²) in [7, 11) is -2.23. The average molecular weight is 507 g/mol. The molecular formula is C21H22ClF3N2O5S. The number of methoxy groups -OCH3 is 1. The summed E-state index contributed by atoms with van der Waals surface area (Å²) in [5.74, 6) is 0.168. The number of sulfone groups is 1. The Kier molecular flexibility index (Phi) is 7.04. The molecule has 0 bridgehead atoms. The van der Waals surface area contributed by atoms with Crippen molar-refractivity contribution in [2.24, 2.45) is 0 Å². The number of hydrogen-bond donors (Lipinski definition) is 0. The van der Waals surface area contributed by atoms with Crippen LogP contribution in [0.2, 0.25) is 5.02 Å². The molecule has 12 heteroatoms. The molecule has 0 aliphatic carbocycles. The third kappa shape index (κ3) is 5.64. The molecule has 0 aliphatic heterocycles. The van der Waals surface area contributed by atoms with E-state index >= 15 is 0 Å². The predicted octanol–water partition coefficient (Wildman–Crippen LogP) is 4.06. The van der Waals surface area contributed by atoms with E-state index in [9.17, 15) is 26.4 Å². The third-order valence-electron chi connectivity index (χ3n) is 4.91. The van der Waals surface area contributed by atoms with E-state index in [1.807, 2.05) is 0 Å². The van der Waals surface area contributed by atoms with Gasteiger partial charge >= 0.3 is 11.9 Å². The van der Waals surface area contributed by atoms with Gasteiger partial charge in [-0.1, -0.05) is 17.7 Å². The Hall–Kier alpha value is -2.66. The first-order chi connectivity index (χ1) is 15.3. The second kappa shape index (κ2) is 9.30. The van der Waals surface area contributed by atoms with Crippen LogP contribution in [0.15, 0.2) is 41.2 Å². The molecule has 0 spiro atoms. The minimum Gasteiger partial charge on any atom is -0.493 e. The highest BCUT2D eigenvalue weighted by Gasteiger charge is 2.33. The number of benzene rings is 2. The molecular weight excluding hydrogens is 485 g/mol. The first-order valence-electron chi connectivity index (χ1n) is 9.80. The van der Waals surface area contributed by atoms with Crippen LogP contribution in [0.3, 0.4) is 0 Å². The lowest BCUT2D eigenvalue weighted by Gasteiger charge is -2.20. The molecule has 1 atom stereocenters. The lowest BCUT2D eigenvalue weighted by atomic mass is 10.1. The van der Waals surface area contributed by atoms with Crippen molar-refractivity contribution in [3.8, 4) is 11.5 Å². The molecule has 0 saturated heterocycles. The quantitative estimate of drug-likeness (QED) is 0.460. The van der Waals surface area contributed by atoms with Crippen molar-refractivity contribution in [1.29, 1.82) is 0 Å². The van der Waals surface area contributed by atoms with Crippen LogP contribution in [-0.4, -0.2) is 49.5 Å². The predicted molar refractivity (Wildman–Crippen MR) is 119 cm³/mol. The maximum absolute atomic E-state index is 13.2. The average Bonchev–Trinajstić information content (AvgIpc) is 2.95. The van der Waals surface area contributed by atoms with Gasteiger partial charge in [-0.25, -0.2) is 13.2 Å². The van der Waals surface area contributed by atoms with Crippen LogP contribution in [0.5, 0.6) is 11.5 Å². The standard InChI is InChI=1S/C21H22ClF3N2O5S/c1-4-32-19-9-13(5-8-18(19)31-2)17(11-33(3,29)30)27-15-7-6-14(22)10-16(15)26(20(27)28)12-21(23,24)25/h5-10,17H,4,11-12H2,1-3H3/t17-/m1/s1. The molecule has 3 aromatic rings. The number of alkyl halides is 3. The van der Waals surface area contributed by atoms with Crippen molar-refractivity contribution in [2.75, 3.05) is 25.7 Å². The molecule has 2 aromatic carbocycles. The van der Waals surface area contributed by atoms with Crippen LogP contribution in [0.1, 0.15) is 18.5 Å². The van der Waals surface area contributed by atoms with Gasteiger partial charge in [-0.3, -0.25) is 9.13 Å². The summed E-state index contributed by atoms with van der Waals surface area (Å²) < 4.78 is 76.7. The lowest BCUT2D eigenvalue weighted by Crippen LogP contribution is -2.34. The van der Waals surface area contributed by atoms with Crippen molar-refractivity contribution in [1.82, 2.24) is 9.13 Å². The Bertz CT molecular complexity index is 1330. The molecule has 0 amide bonds. The molecule has 7 nitrogen and oxygen atoms in total. The number of ether oxygens (including phenoxy) is 2. The van der Waals surface area contributed by atoms with Gasteiger partial charge in [-0.2, -0.15) is 13.2 Å². The highest BCUT2D eigenvalue weighted by atomic mass is 35.5. The van der Waals surface area contributed by atoms with E-state index in [0.717, 1.165) is 10.8 Å². The molecule has 0 N–H and O–H groups in total. The Morgan fingerprint density at radius 2 is 1.79 bits per heavy atom. The molecule has 33 heavy (non-hydrogen) atoms. The molecule has 0 radical (unpaired) electrons. The Morgan fingerprint density at radius 3 is 2.36 bits per heavy atom. The first kappa shape index (κ1) is 25.0. The fourth-order valence-electron chi connectivity index (χ4n) is 3.66. The van der Waals surface area contributed by atoms with Gasteiger partial charge in [0, 0.05) is 11.3 Å². The molecule has 0 saturated carbocycles. The van der Waals surface area contributed by atoms with Crippen molar-refractivity contribution in [3.63, 3.8) is 0 Å². The summed E-state index contributed by atoms with van der Waals surface area (Å²) in [5, 5.41) is 0.137. The van der Waals surface area contributed by atoms with Crippen LogP contribution in [-0.2, 0) is 16.4 Å². The summed E-state index contributed by atoms with van der Waals surface area (Å²) in [4.78, 5) is 13.2. The normalized spacial score (nSPS) is 13.3. The summed E-state index contributed by atoms with van der Waals surface area (Å²) in [5.41, 5.74) is -0.585. The second-order valence-corrected chi connectivity index (χ2v) is 10.1. The van der Waals surface area contributed by atoms with Gasteiger partial charge in [0.25, 0.3) is 0 Å². The lowest BCUT2D eigenvalue weighted by molar-refractivity contribution is -0.140. The number of halogens is 4. The minimum atomic E-state index is -4.68. The smallest absolute Gasteiger partial charge is 0.406 e. The molecule has 0 unspecified atom stereocenters. The minimum absolute atomic E-state index is 0.0538. The van der Waals surface area contributed by atoms with Gasteiger partial charge in [0.15, 0.2) is 11.5 Å². The summed E-state index contributed by atoms with van der Waals surface area (Å²) in [6.45, 7) is 0.493. The Labute approximate surface area is 193 Å². The molecule has 3 rings (SSSR count). The van der Waals surface area contributed by atoms with Crippen LogP contribution < -0.4 is 15.2 Å². The molecule has 0 fully saturated rings. The van der Waals surface area contributed by atoms with Gasteiger partial charge in [0.2, 0.25) is 0 Å². The zero-order valence-electron chi connectivity index (χ0n) is 18.0. The monoisotopic (exact) mass is 506 g/mol. The van der Waals surface area contributed by atoms with Crippen molar-refractivity contribution in [3.05, 3.63) is 57.5 Å².